The van der Waals surface area contributed by atoms with Gasteiger partial charge in [0.15, 0.2) is 0 Å². The van der Waals surface area contributed by atoms with Crippen molar-refractivity contribution in [1.29, 1.82) is 0 Å². The predicted molar refractivity (Wildman–Crippen MR) is 77.1 cm³/mol. The summed E-state index contributed by atoms with van der Waals surface area (Å²) in [6, 6.07) is 3.66. The molecule has 0 aliphatic carbocycles. The molecule has 0 saturated heterocycles. The molecule has 1 aromatic rings. The third-order valence-electron chi connectivity index (χ3n) is 2.81. The molecule has 0 radical (unpaired) electrons. The molecule has 1 aromatic carbocycles. The van der Waals surface area contributed by atoms with Crippen molar-refractivity contribution in [2.24, 2.45) is 11.8 Å². The van der Waals surface area contributed by atoms with Gasteiger partial charge in [0.1, 0.15) is 5.82 Å². The Morgan fingerprint density at radius 3 is 2.55 bits per heavy atom. The fraction of sp³-hybridized carbons (Fsp3) is 0.385. The number of carbonyl (C=O) groups is 2. The minimum Gasteiger partial charge on any atom is -0.481 e. The normalized spacial score (nSPS) is 12.1. The van der Waals surface area contributed by atoms with Gasteiger partial charge < -0.3 is 15.7 Å². The van der Waals surface area contributed by atoms with Gasteiger partial charge in [-0.15, -0.1) is 0 Å². The zero-order valence-corrected chi connectivity index (χ0v) is 12.7. The highest BCUT2D eigenvalue weighted by atomic mass is 79.9. The fourth-order valence-electron chi connectivity index (χ4n) is 1.59. The molecule has 0 spiro atoms. The maximum atomic E-state index is 13.5. The number of carboxylic acids is 1. The topological polar surface area (TPSA) is 78.4 Å². The summed E-state index contributed by atoms with van der Waals surface area (Å²) in [5.74, 6) is -2.36. The number of para-hydroxylation sites is 1. The van der Waals surface area contributed by atoms with E-state index in [1.165, 1.54) is 12.1 Å². The maximum absolute atomic E-state index is 13.5. The maximum Gasteiger partial charge on any atom is 0.319 e. The Balaban J connectivity index is 2.62. The second kappa shape index (κ2) is 7.23. The molecular weight excluding hydrogens is 331 g/mol. The molecule has 0 fully saturated rings. The van der Waals surface area contributed by atoms with Crippen LogP contribution in [0.4, 0.5) is 14.9 Å². The molecule has 0 aliphatic rings. The molecule has 0 saturated carbocycles. The van der Waals surface area contributed by atoms with E-state index in [9.17, 15) is 14.0 Å². The second-order valence-electron chi connectivity index (χ2n) is 4.62. The lowest BCUT2D eigenvalue weighted by molar-refractivity contribution is -0.142. The standard InChI is InChI=1S/C13H16BrFN2O3/c1-7(2)8(12(18)19)6-16-13(20)17-11-9(14)4-3-5-10(11)15/h3-5,7-8H,6H2,1-2H3,(H,18,19)(H2,16,17,20). The lowest BCUT2D eigenvalue weighted by Crippen LogP contribution is -2.38. The van der Waals surface area contributed by atoms with Crippen molar-refractivity contribution in [3.8, 4) is 0 Å². The van der Waals surface area contributed by atoms with Gasteiger partial charge in [0.25, 0.3) is 0 Å². The fourth-order valence-corrected chi connectivity index (χ4v) is 2.03. The van der Waals surface area contributed by atoms with E-state index in [0.29, 0.717) is 4.47 Å². The van der Waals surface area contributed by atoms with Crippen molar-refractivity contribution in [3.05, 3.63) is 28.5 Å². The average Bonchev–Trinajstić information content (AvgIpc) is 2.33. The first-order valence-corrected chi connectivity index (χ1v) is 6.84. The molecule has 0 aliphatic heterocycles. The van der Waals surface area contributed by atoms with E-state index in [0.717, 1.165) is 0 Å². The number of urea groups is 1. The quantitative estimate of drug-likeness (QED) is 0.766. The van der Waals surface area contributed by atoms with Crippen LogP contribution in [-0.2, 0) is 4.79 Å². The van der Waals surface area contributed by atoms with E-state index in [1.54, 1.807) is 19.9 Å². The molecule has 3 N–H and O–H groups in total. The first kappa shape index (κ1) is 16.4. The molecule has 2 amide bonds. The van der Waals surface area contributed by atoms with E-state index in [1.807, 2.05) is 0 Å². The number of hydrogen-bond donors (Lipinski definition) is 3. The molecule has 1 unspecified atom stereocenters. The largest absolute Gasteiger partial charge is 0.481 e. The molecule has 20 heavy (non-hydrogen) atoms. The Kier molecular flexibility index (Phi) is 5.94. The Morgan fingerprint density at radius 1 is 1.40 bits per heavy atom. The number of carbonyl (C=O) groups excluding carboxylic acids is 1. The molecule has 5 nitrogen and oxygen atoms in total. The van der Waals surface area contributed by atoms with Gasteiger partial charge in [-0.3, -0.25) is 4.79 Å². The van der Waals surface area contributed by atoms with Crippen LogP contribution in [0.3, 0.4) is 0 Å². The number of amides is 2. The Morgan fingerprint density at radius 2 is 2.05 bits per heavy atom. The summed E-state index contributed by atoms with van der Waals surface area (Å²) in [5.41, 5.74) is 0.0152. The SMILES string of the molecule is CC(C)C(CNC(=O)Nc1c(F)cccc1Br)C(=O)O. The van der Waals surface area contributed by atoms with Crippen molar-refractivity contribution in [3.63, 3.8) is 0 Å². The number of rotatable bonds is 5. The predicted octanol–water partition coefficient (Wildman–Crippen LogP) is 3.07. The third kappa shape index (κ3) is 4.48. The van der Waals surface area contributed by atoms with E-state index in [-0.39, 0.29) is 18.2 Å². The summed E-state index contributed by atoms with van der Waals surface area (Å²) in [6.07, 6.45) is 0. The van der Waals surface area contributed by atoms with Crippen LogP contribution in [0.2, 0.25) is 0 Å². The molecule has 0 aromatic heterocycles. The highest BCUT2D eigenvalue weighted by Gasteiger charge is 2.22. The van der Waals surface area contributed by atoms with Crippen LogP contribution in [0, 0.1) is 17.7 Å². The number of benzene rings is 1. The summed E-state index contributed by atoms with van der Waals surface area (Å²) in [6.45, 7) is 3.49. The summed E-state index contributed by atoms with van der Waals surface area (Å²) in [4.78, 5) is 22.6. The van der Waals surface area contributed by atoms with Crippen LogP contribution >= 0.6 is 15.9 Å². The van der Waals surface area contributed by atoms with Gasteiger partial charge in [-0.2, -0.15) is 0 Å². The van der Waals surface area contributed by atoms with E-state index in [2.05, 4.69) is 26.6 Å². The first-order valence-electron chi connectivity index (χ1n) is 6.04. The highest BCUT2D eigenvalue weighted by Crippen LogP contribution is 2.24. The number of nitrogens with one attached hydrogen (secondary N) is 2. The third-order valence-corrected chi connectivity index (χ3v) is 3.47. The van der Waals surface area contributed by atoms with Gasteiger partial charge in [-0.25, -0.2) is 9.18 Å². The number of halogens is 2. The molecule has 110 valence electrons. The second-order valence-corrected chi connectivity index (χ2v) is 5.47. The van der Waals surface area contributed by atoms with Crippen LogP contribution in [0.1, 0.15) is 13.8 Å². The van der Waals surface area contributed by atoms with Gasteiger partial charge in [-0.05, 0) is 34.0 Å². The highest BCUT2D eigenvalue weighted by molar-refractivity contribution is 9.10. The van der Waals surface area contributed by atoms with Crippen LogP contribution in [0.5, 0.6) is 0 Å². The Bertz CT molecular complexity index is 488. The first-order chi connectivity index (χ1) is 9.32. The van der Waals surface area contributed by atoms with Crippen molar-refractivity contribution in [1.82, 2.24) is 5.32 Å². The molecule has 0 bridgehead atoms. The van der Waals surface area contributed by atoms with Crippen LogP contribution < -0.4 is 10.6 Å². The molecule has 7 heteroatoms. The van der Waals surface area contributed by atoms with Crippen LogP contribution in [0.15, 0.2) is 22.7 Å². The Hall–Kier alpha value is -1.63. The van der Waals surface area contributed by atoms with Gasteiger partial charge in [0, 0.05) is 11.0 Å². The molecule has 1 rings (SSSR count). The van der Waals surface area contributed by atoms with Crippen LogP contribution in [0.25, 0.3) is 0 Å². The lowest BCUT2D eigenvalue weighted by Gasteiger charge is -2.17. The number of hydrogen-bond acceptors (Lipinski definition) is 2. The molecule has 0 heterocycles. The summed E-state index contributed by atoms with van der Waals surface area (Å²) in [5, 5.41) is 13.8. The van der Waals surface area contributed by atoms with Crippen molar-refractivity contribution in [2.45, 2.75) is 13.8 Å². The van der Waals surface area contributed by atoms with Crippen molar-refractivity contribution < 1.29 is 19.1 Å². The van der Waals surface area contributed by atoms with Crippen molar-refractivity contribution >= 4 is 33.6 Å². The number of carboxylic acid groups (broad SMARTS) is 1. The Labute approximate surface area is 124 Å². The van der Waals surface area contributed by atoms with Gasteiger partial charge in [0.05, 0.1) is 11.6 Å². The van der Waals surface area contributed by atoms with Crippen LogP contribution in [-0.4, -0.2) is 23.7 Å². The number of aliphatic carboxylic acids is 1. The zero-order chi connectivity index (χ0) is 15.3. The smallest absolute Gasteiger partial charge is 0.319 e. The van der Waals surface area contributed by atoms with Gasteiger partial charge >= 0.3 is 12.0 Å². The molecule has 1 atom stereocenters. The molecular formula is C13H16BrFN2O3. The monoisotopic (exact) mass is 346 g/mol. The summed E-state index contributed by atoms with van der Waals surface area (Å²) < 4.78 is 13.9. The van der Waals surface area contributed by atoms with E-state index >= 15 is 0 Å². The van der Waals surface area contributed by atoms with Gasteiger partial charge in [0.2, 0.25) is 0 Å². The zero-order valence-electron chi connectivity index (χ0n) is 11.1. The average molecular weight is 347 g/mol. The summed E-state index contributed by atoms with van der Waals surface area (Å²) in [7, 11) is 0. The minimum atomic E-state index is -0.979. The minimum absolute atomic E-state index is 0.0152. The van der Waals surface area contributed by atoms with E-state index < -0.39 is 23.7 Å². The van der Waals surface area contributed by atoms with E-state index in [4.69, 9.17) is 5.11 Å². The van der Waals surface area contributed by atoms with Gasteiger partial charge in [-0.1, -0.05) is 19.9 Å². The summed E-state index contributed by atoms with van der Waals surface area (Å²) >= 11 is 3.13. The number of anilines is 1. The lowest BCUT2D eigenvalue weighted by atomic mass is 9.96. The van der Waals surface area contributed by atoms with Crippen molar-refractivity contribution in [2.75, 3.05) is 11.9 Å².